The molecule has 1 aromatic heterocycles. The number of nitrogen functional groups attached to an aromatic ring is 1. The van der Waals surface area contributed by atoms with Crippen LogP contribution in [0.4, 0.5) is 5.82 Å². The molecular formula is C9H8ClN3O. The lowest BCUT2D eigenvalue weighted by atomic mass is 10.3. The summed E-state index contributed by atoms with van der Waals surface area (Å²) < 4.78 is 4.95. The van der Waals surface area contributed by atoms with Crippen LogP contribution in [0.3, 0.4) is 0 Å². The van der Waals surface area contributed by atoms with Crippen LogP contribution in [0, 0.1) is 0 Å². The fourth-order valence-corrected chi connectivity index (χ4v) is 1.34. The van der Waals surface area contributed by atoms with E-state index in [0.29, 0.717) is 21.9 Å². The van der Waals surface area contributed by atoms with E-state index >= 15 is 0 Å². The number of halogens is 1. The summed E-state index contributed by atoms with van der Waals surface area (Å²) in [7, 11) is 1.50. The molecule has 0 amide bonds. The minimum absolute atomic E-state index is 0.266. The van der Waals surface area contributed by atoms with E-state index in [2.05, 4.69) is 9.97 Å². The first-order valence-corrected chi connectivity index (χ1v) is 4.35. The molecule has 0 unspecified atom stereocenters. The summed E-state index contributed by atoms with van der Waals surface area (Å²) in [6.07, 6.45) is 0. The predicted octanol–water partition coefficient (Wildman–Crippen LogP) is 1.87. The Hall–Kier alpha value is -1.55. The normalized spacial score (nSPS) is 10.4. The Morgan fingerprint density at radius 3 is 2.79 bits per heavy atom. The van der Waals surface area contributed by atoms with Crippen LogP contribution < -0.4 is 10.5 Å². The molecule has 2 N–H and O–H groups in total. The summed E-state index contributed by atoms with van der Waals surface area (Å²) in [5.74, 6) is 0.599. The molecule has 0 aliphatic rings. The Bertz CT molecular complexity index is 487. The van der Waals surface area contributed by atoms with Gasteiger partial charge in [0.15, 0.2) is 5.82 Å². The monoisotopic (exact) mass is 209 g/mol. The van der Waals surface area contributed by atoms with Crippen molar-refractivity contribution in [3.8, 4) is 5.88 Å². The summed E-state index contributed by atoms with van der Waals surface area (Å²) >= 11 is 5.80. The smallest absolute Gasteiger partial charge is 0.257 e. The minimum Gasteiger partial charge on any atom is -0.478 e. The second-order valence-electron chi connectivity index (χ2n) is 2.75. The Labute approximate surface area is 85.7 Å². The van der Waals surface area contributed by atoms with Crippen molar-refractivity contribution in [2.24, 2.45) is 0 Å². The maximum atomic E-state index is 5.80. The van der Waals surface area contributed by atoms with Gasteiger partial charge in [-0.05, 0) is 18.2 Å². The molecule has 0 atom stereocenters. The highest BCUT2D eigenvalue weighted by Crippen LogP contribution is 2.22. The van der Waals surface area contributed by atoms with Gasteiger partial charge in [-0.3, -0.25) is 0 Å². The molecule has 2 aromatic rings. The fourth-order valence-electron chi connectivity index (χ4n) is 1.18. The van der Waals surface area contributed by atoms with E-state index in [0.717, 1.165) is 0 Å². The van der Waals surface area contributed by atoms with E-state index in [1.807, 2.05) is 0 Å². The van der Waals surface area contributed by atoms with E-state index in [1.165, 1.54) is 7.11 Å². The zero-order chi connectivity index (χ0) is 10.1. The third-order valence-corrected chi connectivity index (χ3v) is 2.05. The van der Waals surface area contributed by atoms with E-state index in [9.17, 15) is 0 Å². The zero-order valence-corrected chi connectivity index (χ0v) is 8.25. The molecule has 14 heavy (non-hydrogen) atoms. The van der Waals surface area contributed by atoms with Gasteiger partial charge < -0.3 is 10.5 Å². The van der Waals surface area contributed by atoms with Gasteiger partial charge in [-0.25, -0.2) is 9.97 Å². The van der Waals surface area contributed by atoms with Crippen molar-refractivity contribution in [3.63, 3.8) is 0 Å². The van der Waals surface area contributed by atoms with Crippen molar-refractivity contribution in [3.05, 3.63) is 23.2 Å². The molecular weight excluding hydrogens is 202 g/mol. The number of benzene rings is 1. The lowest BCUT2D eigenvalue weighted by Gasteiger charge is -2.04. The third kappa shape index (κ3) is 1.44. The number of ether oxygens (including phenoxy) is 1. The van der Waals surface area contributed by atoms with Crippen molar-refractivity contribution in [1.29, 1.82) is 0 Å². The van der Waals surface area contributed by atoms with Crippen molar-refractivity contribution >= 4 is 28.5 Å². The van der Waals surface area contributed by atoms with Crippen LogP contribution in [0.25, 0.3) is 11.0 Å². The molecule has 0 radical (unpaired) electrons. The summed E-state index contributed by atoms with van der Waals surface area (Å²) in [6, 6.07) is 5.22. The minimum atomic E-state index is 0.266. The van der Waals surface area contributed by atoms with Crippen molar-refractivity contribution in [1.82, 2.24) is 9.97 Å². The number of hydrogen-bond acceptors (Lipinski definition) is 4. The largest absolute Gasteiger partial charge is 0.478 e. The van der Waals surface area contributed by atoms with Crippen LogP contribution >= 0.6 is 11.6 Å². The second-order valence-corrected chi connectivity index (χ2v) is 3.19. The lowest BCUT2D eigenvalue weighted by Crippen LogP contribution is -1.99. The number of nitrogens with zero attached hydrogens (tertiary/aromatic N) is 2. The number of nitrogens with two attached hydrogens (primary N) is 1. The fraction of sp³-hybridized carbons (Fsp3) is 0.111. The van der Waals surface area contributed by atoms with Crippen LogP contribution in [0.15, 0.2) is 18.2 Å². The van der Waals surface area contributed by atoms with Crippen LogP contribution in [-0.4, -0.2) is 17.1 Å². The van der Waals surface area contributed by atoms with Crippen molar-refractivity contribution in [2.45, 2.75) is 0 Å². The average Bonchev–Trinajstić information content (AvgIpc) is 2.16. The summed E-state index contributed by atoms with van der Waals surface area (Å²) in [4.78, 5) is 8.28. The van der Waals surface area contributed by atoms with Crippen molar-refractivity contribution < 1.29 is 4.74 Å². The molecule has 4 nitrogen and oxygen atoms in total. The van der Waals surface area contributed by atoms with Crippen LogP contribution in [0.2, 0.25) is 5.02 Å². The highest BCUT2D eigenvalue weighted by molar-refractivity contribution is 6.31. The molecule has 2 rings (SSSR count). The molecule has 0 saturated carbocycles. The molecule has 1 heterocycles. The van der Waals surface area contributed by atoms with E-state index in [4.69, 9.17) is 22.1 Å². The molecule has 0 fully saturated rings. The first kappa shape index (κ1) is 9.02. The van der Waals surface area contributed by atoms with Gasteiger partial charge in [0.2, 0.25) is 0 Å². The highest BCUT2D eigenvalue weighted by Gasteiger charge is 2.05. The lowest BCUT2D eigenvalue weighted by molar-refractivity contribution is 0.400. The van der Waals surface area contributed by atoms with E-state index < -0.39 is 0 Å². The number of methoxy groups -OCH3 is 1. The van der Waals surface area contributed by atoms with Crippen molar-refractivity contribution in [2.75, 3.05) is 12.8 Å². The molecule has 0 spiro atoms. The number of hydrogen-bond donors (Lipinski definition) is 1. The van der Waals surface area contributed by atoms with Crippen LogP contribution in [0.5, 0.6) is 5.88 Å². The van der Waals surface area contributed by atoms with Gasteiger partial charge in [-0.2, -0.15) is 0 Å². The number of rotatable bonds is 1. The second kappa shape index (κ2) is 3.31. The van der Waals surface area contributed by atoms with Gasteiger partial charge in [0.05, 0.1) is 18.1 Å². The van der Waals surface area contributed by atoms with E-state index in [-0.39, 0.29) is 5.82 Å². The molecule has 0 aliphatic heterocycles. The topological polar surface area (TPSA) is 61.0 Å². The maximum Gasteiger partial charge on any atom is 0.257 e. The van der Waals surface area contributed by atoms with Gasteiger partial charge in [0, 0.05) is 5.02 Å². The zero-order valence-electron chi connectivity index (χ0n) is 7.49. The van der Waals surface area contributed by atoms with Crippen LogP contribution in [-0.2, 0) is 0 Å². The number of fused-ring (bicyclic) bond motifs is 1. The van der Waals surface area contributed by atoms with Crippen LogP contribution in [0.1, 0.15) is 0 Å². The van der Waals surface area contributed by atoms with E-state index in [1.54, 1.807) is 18.2 Å². The Morgan fingerprint density at radius 1 is 1.29 bits per heavy atom. The first-order valence-electron chi connectivity index (χ1n) is 3.97. The SMILES string of the molecule is COc1nc2ccc(Cl)cc2nc1N. The molecule has 0 aliphatic carbocycles. The standard InChI is InChI=1S/C9H8ClN3O/c1-14-9-8(11)12-7-4-5(10)2-3-6(7)13-9/h2-4H,1H3,(H2,11,12). The summed E-state index contributed by atoms with van der Waals surface area (Å²) in [6.45, 7) is 0. The summed E-state index contributed by atoms with van der Waals surface area (Å²) in [5, 5.41) is 0.608. The highest BCUT2D eigenvalue weighted by atomic mass is 35.5. The maximum absolute atomic E-state index is 5.80. The number of anilines is 1. The number of aromatic nitrogens is 2. The van der Waals surface area contributed by atoms with Gasteiger partial charge >= 0.3 is 0 Å². The quantitative estimate of drug-likeness (QED) is 0.779. The Kier molecular flexibility index (Phi) is 2.13. The third-order valence-electron chi connectivity index (χ3n) is 1.81. The predicted molar refractivity (Wildman–Crippen MR) is 55.5 cm³/mol. The molecule has 1 aromatic carbocycles. The summed E-state index contributed by atoms with van der Waals surface area (Å²) in [5.41, 5.74) is 6.98. The average molecular weight is 210 g/mol. The molecule has 5 heteroatoms. The van der Waals surface area contributed by atoms with Gasteiger partial charge in [0.1, 0.15) is 0 Å². The Balaban J connectivity index is 2.73. The van der Waals surface area contributed by atoms with Gasteiger partial charge in [0.25, 0.3) is 5.88 Å². The van der Waals surface area contributed by atoms with Gasteiger partial charge in [-0.1, -0.05) is 11.6 Å². The molecule has 72 valence electrons. The first-order chi connectivity index (χ1) is 6.70. The van der Waals surface area contributed by atoms with Gasteiger partial charge in [-0.15, -0.1) is 0 Å². The Morgan fingerprint density at radius 2 is 2.07 bits per heavy atom. The molecule has 0 saturated heterocycles. The molecule has 0 bridgehead atoms.